The maximum atomic E-state index is 4.41. The first-order valence-corrected chi connectivity index (χ1v) is 8.46. The topological polar surface area (TPSA) is 24.9 Å². The van der Waals surface area contributed by atoms with Crippen LogP contribution in [0.3, 0.4) is 0 Å². The molecule has 0 saturated heterocycles. The predicted molar refractivity (Wildman–Crippen MR) is 101 cm³/mol. The van der Waals surface area contributed by atoms with Crippen LogP contribution in [0.15, 0.2) is 41.0 Å². The molecule has 0 atom stereocenters. The Balaban J connectivity index is 2.28. The quantitative estimate of drug-likeness (QED) is 0.604. The molecule has 0 aliphatic heterocycles. The van der Waals surface area contributed by atoms with E-state index < -0.39 is 0 Å². The van der Waals surface area contributed by atoms with E-state index in [0.29, 0.717) is 11.8 Å². The van der Waals surface area contributed by atoms with E-state index in [1.54, 1.807) is 0 Å². The van der Waals surface area contributed by atoms with Crippen LogP contribution in [0.4, 0.5) is 5.69 Å². The number of para-hydroxylation sites is 1. The fraction of sp³-hybridized carbons (Fsp3) is 0.333. The second-order valence-electron chi connectivity index (χ2n) is 5.98. The van der Waals surface area contributed by atoms with Gasteiger partial charge in [-0.1, -0.05) is 0 Å². The molecule has 0 fully saturated rings. The van der Waals surface area contributed by atoms with Crippen LogP contribution in [0.5, 0.6) is 0 Å². The average molecular weight is 357 g/mol. The van der Waals surface area contributed by atoms with Crippen LogP contribution in [0, 0.1) is 0 Å². The molecule has 0 spiro atoms. The number of rotatable bonds is 5. The van der Waals surface area contributed by atoms with E-state index in [1.807, 2.05) is 31.2 Å². The van der Waals surface area contributed by atoms with E-state index in [2.05, 4.69) is 72.0 Å². The van der Waals surface area contributed by atoms with E-state index in [0.717, 1.165) is 10.3 Å². The van der Waals surface area contributed by atoms with Gasteiger partial charge < -0.3 is 0 Å². The van der Waals surface area contributed by atoms with E-state index in [1.165, 1.54) is 16.8 Å². The third kappa shape index (κ3) is 4.29. The zero-order chi connectivity index (χ0) is 16.1. The first kappa shape index (κ1) is 16.9. The molecule has 2 rings (SSSR count). The van der Waals surface area contributed by atoms with Crippen LogP contribution < -0.4 is 5.23 Å². The Morgan fingerprint density at radius 1 is 1.00 bits per heavy atom. The van der Waals surface area contributed by atoms with Crippen molar-refractivity contribution in [3.63, 3.8) is 0 Å². The number of anilines is 1. The Kier molecular flexibility index (Phi) is 5.95. The SMILES string of the molecule is CC(C)c1cccc(C(C)C)c1NB=Cc1cccc(Br)n1. The summed E-state index contributed by atoms with van der Waals surface area (Å²) in [6.45, 7) is 8.91. The summed E-state index contributed by atoms with van der Waals surface area (Å²) in [6.07, 6.45) is 0. The fourth-order valence-corrected chi connectivity index (χ4v) is 2.80. The molecule has 2 nitrogen and oxygen atoms in total. The molecule has 0 unspecified atom stereocenters. The summed E-state index contributed by atoms with van der Waals surface area (Å²) in [5.74, 6) is 2.96. The van der Waals surface area contributed by atoms with Gasteiger partial charge in [-0.05, 0) is 0 Å². The van der Waals surface area contributed by atoms with Crippen LogP contribution in [0.25, 0.3) is 0 Å². The fourth-order valence-electron chi connectivity index (χ4n) is 2.44. The summed E-state index contributed by atoms with van der Waals surface area (Å²) in [4.78, 5) is 4.41. The van der Waals surface area contributed by atoms with Gasteiger partial charge in [-0.2, -0.15) is 0 Å². The molecule has 114 valence electrons. The molecule has 0 aliphatic rings. The minimum atomic E-state index is 0.485. The number of pyridine rings is 1. The summed E-state index contributed by atoms with van der Waals surface area (Å²) in [6, 6.07) is 12.4. The number of hydrogen-bond donors (Lipinski definition) is 1. The Morgan fingerprint density at radius 3 is 2.14 bits per heavy atom. The van der Waals surface area contributed by atoms with Crippen LogP contribution in [-0.2, 0) is 0 Å². The zero-order valence-electron chi connectivity index (χ0n) is 13.6. The number of nitrogens with zero attached hydrogens (tertiary/aromatic N) is 1. The first-order chi connectivity index (χ1) is 10.5. The minimum absolute atomic E-state index is 0.485. The van der Waals surface area contributed by atoms with Crippen molar-refractivity contribution in [2.75, 3.05) is 5.23 Å². The average Bonchev–Trinajstić information content (AvgIpc) is 2.47. The van der Waals surface area contributed by atoms with Gasteiger partial charge in [-0.3, -0.25) is 0 Å². The van der Waals surface area contributed by atoms with Gasteiger partial charge in [-0.15, -0.1) is 0 Å². The van der Waals surface area contributed by atoms with Crippen LogP contribution >= 0.6 is 15.9 Å². The van der Waals surface area contributed by atoms with Gasteiger partial charge in [0.05, 0.1) is 0 Å². The van der Waals surface area contributed by atoms with Crippen molar-refractivity contribution in [1.82, 2.24) is 4.98 Å². The van der Waals surface area contributed by atoms with E-state index in [9.17, 15) is 0 Å². The summed E-state index contributed by atoms with van der Waals surface area (Å²) in [7, 11) is 1.97. The number of aromatic nitrogens is 1. The van der Waals surface area contributed by atoms with Gasteiger partial charge >= 0.3 is 142 Å². The molecular weight excluding hydrogens is 335 g/mol. The van der Waals surface area contributed by atoms with Crippen molar-refractivity contribution in [3.8, 4) is 0 Å². The van der Waals surface area contributed by atoms with Crippen molar-refractivity contribution in [1.29, 1.82) is 0 Å². The van der Waals surface area contributed by atoms with E-state index in [4.69, 9.17) is 0 Å². The van der Waals surface area contributed by atoms with Gasteiger partial charge in [0.15, 0.2) is 0 Å². The Labute approximate surface area is 142 Å². The van der Waals surface area contributed by atoms with E-state index >= 15 is 0 Å². The molecule has 1 aromatic carbocycles. The third-order valence-electron chi connectivity index (χ3n) is 3.59. The van der Waals surface area contributed by atoms with Crippen molar-refractivity contribution >= 4 is 34.6 Å². The number of nitrogens with one attached hydrogen (secondary N) is 1. The molecular formula is C18H22BBrN2. The van der Waals surface area contributed by atoms with Crippen LogP contribution in [-0.4, -0.2) is 18.0 Å². The standard InChI is InChI=1S/C18H22BBrN2/c1-12(2)15-8-6-9-16(13(3)4)18(15)22-19-11-14-7-5-10-17(20)21-14/h5-13,22H,1-4H3. The summed E-state index contributed by atoms with van der Waals surface area (Å²) in [5.41, 5.74) is 4.84. The molecule has 0 aliphatic carbocycles. The third-order valence-corrected chi connectivity index (χ3v) is 4.03. The first-order valence-electron chi connectivity index (χ1n) is 7.67. The molecule has 1 aromatic heterocycles. The maximum absolute atomic E-state index is 4.41. The van der Waals surface area contributed by atoms with Crippen LogP contribution in [0.2, 0.25) is 0 Å². The molecule has 1 heterocycles. The zero-order valence-corrected chi connectivity index (χ0v) is 15.2. The molecule has 22 heavy (non-hydrogen) atoms. The van der Waals surface area contributed by atoms with Gasteiger partial charge in [0.1, 0.15) is 0 Å². The van der Waals surface area contributed by atoms with Crippen molar-refractivity contribution in [3.05, 3.63) is 57.8 Å². The predicted octanol–water partition coefficient (Wildman–Crippen LogP) is 4.97. The summed E-state index contributed by atoms with van der Waals surface area (Å²) in [5, 5.41) is 3.48. The van der Waals surface area contributed by atoms with Crippen molar-refractivity contribution < 1.29 is 0 Å². The Bertz CT molecular complexity index is 640. The van der Waals surface area contributed by atoms with Gasteiger partial charge in [0, 0.05) is 0 Å². The van der Waals surface area contributed by atoms with E-state index in [-0.39, 0.29) is 0 Å². The normalized spacial score (nSPS) is 11.2. The molecule has 1 N–H and O–H groups in total. The van der Waals surface area contributed by atoms with Crippen molar-refractivity contribution in [2.45, 2.75) is 39.5 Å². The molecule has 0 amide bonds. The summed E-state index contributed by atoms with van der Waals surface area (Å²) < 4.78 is 0.847. The molecule has 4 heteroatoms. The van der Waals surface area contributed by atoms with Crippen LogP contribution in [0.1, 0.15) is 56.4 Å². The van der Waals surface area contributed by atoms with Crippen molar-refractivity contribution in [2.24, 2.45) is 0 Å². The molecule has 0 saturated carbocycles. The second-order valence-corrected chi connectivity index (χ2v) is 6.80. The molecule has 0 radical (unpaired) electrons. The number of halogens is 1. The monoisotopic (exact) mass is 356 g/mol. The van der Waals surface area contributed by atoms with Gasteiger partial charge in [0.25, 0.3) is 0 Å². The second kappa shape index (κ2) is 7.73. The molecule has 2 aromatic rings. The summed E-state index contributed by atoms with van der Waals surface area (Å²) >= 11 is 3.39. The Hall–Kier alpha value is -1.42. The Morgan fingerprint density at radius 2 is 1.59 bits per heavy atom. The van der Waals surface area contributed by atoms with Gasteiger partial charge in [-0.25, -0.2) is 0 Å². The van der Waals surface area contributed by atoms with Gasteiger partial charge in [0.2, 0.25) is 0 Å². The number of benzene rings is 1. The molecule has 0 bridgehead atoms. The number of hydrogen-bond acceptors (Lipinski definition) is 2.